The van der Waals surface area contributed by atoms with Crippen molar-refractivity contribution in [2.24, 2.45) is 0 Å². The summed E-state index contributed by atoms with van der Waals surface area (Å²) in [4.78, 5) is 0. The fraction of sp³-hybridized carbons (Fsp3) is 0.200. The number of hydrogen-bond acceptors (Lipinski definition) is 2. The van der Waals surface area contributed by atoms with E-state index in [9.17, 15) is 10.2 Å². The van der Waals surface area contributed by atoms with Gasteiger partial charge in [0.25, 0.3) is 0 Å². The zero-order valence-corrected chi connectivity index (χ0v) is 13.8. The summed E-state index contributed by atoms with van der Waals surface area (Å²) in [5.74, 6) is 0.465. The van der Waals surface area contributed by atoms with Crippen LogP contribution in [0.4, 0.5) is 0 Å². The van der Waals surface area contributed by atoms with Crippen LogP contribution < -0.4 is 0 Å². The quantitative estimate of drug-likeness (QED) is 0.767. The largest absolute Gasteiger partial charge is 0.508 e. The third-order valence-corrected chi connectivity index (χ3v) is 4.56. The zero-order valence-electron chi connectivity index (χ0n) is 10.6. The van der Waals surface area contributed by atoms with E-state index >= 15 is 0 Å². The highest BCUT2D eigenvalue weighted by atomic mass is 79.9. The highest BCUT2D eigenvalue weighted by Crippen LogP contribution is 2.41. The standard InChI is InChI=1S/C15H14Br2O2/c1-15(2,11-5-3-9(18)7-13(11)16)12-6-4-10(19)8-14(12)17/h3-8,18-19H,1-2H3. The summed E-state index contributed by atoms with van der Waals surface area (Å²) in [6, 6.07) is 10.5. The van der Waals surface area contributed by atoms with Crippen molar-refractivity contribution in [1.29, 1.82) is 0 Å². The molecule has 0 spiro atoms. The molecule has 0 aliphatic carbocycles. The molecule has 0 aliphatic heterocycles. The van der Waals surface area contributed by atoms with Crippen LogP contribution in [-0.4, -0.2) is 10.2 Å². The van der Waals surface area contributed by atoms with Gasteiger partial charge in [-0.25, -0.2) is 0 Å². The van der Waals surface area contributed by atoms with Gasteiger partial charge in [0.1, 0.15) is 11.5 Å². The molecule has 0 fully saturated rings. The molecule has 2 rings (SSSR count). The van der Waals surface area contributed by atoms with Crippen LogP contribution in [0.25, 0.3) is 0 Å². The van der Waals surface area contributed by atoms with Crippen LogP contribution in [-0.2, 0) is 5.41 Å². The summed E-state index contributed by atoms with van der Waals surface area (Å²) in [5, 5.41) is 19.0. The van der Waals surface area contributed by atoms with E-state index in [0.29, 0.717) is 0 Å². The van der Waals surface area contributed by atoms with Crippen molar-refractivity contribution in [2.45, 2.75) is 19.3 Å². The second-order valence-electron chi connectivity index (χ2n) is 4.95. The average Bonchev–Trinajstić information content (AvgIpc) is 2.27. The molecule has 0 aromatic heterocycles. The topological polar surface area (TPSA) is 40.5 Å². The molecule has 0 bridgehead atoms. The Labute approximate surface area is 129 Å². The first-order chi connectivity index (χ1) is 8.82. The number of halogens is 2. The van der Waals surface area contributed by atoms with Crippen molar-refractivity contribution in [1.82, 2.24) is 0 Å². The molecular formula is C15H14Br2O2. The Morgan fingerprint density at radius 3 is 1.47 bits per heavy atom. The van der Waals surface area contributed by atoms with Gasteiger partial charge in [-0.2, -0.15) is 0 Å². The molecule has 0 saturated carbocycles. The fourth-order valence-electron chi connectivity index (χ4n) is 2.17. The van der Waals surface area contributed by atoms with E-state index in [-0.39, 0.29) is 16.9 Å². The molecule has 0 unspecified atom stereocenters. The minimum absolute atomic E-state index is 0.233. The Balaban J connectivity index is 2.58. The molecule has 0 heterocycles. The van der Waals surface area contributed by atoms with Crippen LogP contribution in [0.5, 0.6) is 11.5 Å². The molecule has 2 nitrogen and oxygen atoms in total. The van der Waals surface area contributed by atoms with Crippen LogP contribution >= 0.6 is 31.9 Å². The summed E-state index contributed by atoms with van der Waals surface area (Å²) in [6.07, 6.45) is 0. The summed E-state index contributed by atoms with van der Waals surface area (Å²) >= 11 is 6.99. The van der Waals surface area contributed by atoms with E-state index in [1.165, 1.54) is 0 Å². The number of aromatic hydroxyl groups is 2. The Morgan fingerprint density at radius 1 is 0.789 bits per heavy atom. The summed E-state index contributed by atoms with van der Waals surface area (Å²) < 4.78 is 1.72. The summed E-state index contributed by atoms with van der Waals surface area (Å²) in [7, 11) is 0. The second-order valence-corrected chi connectivity index (χ2v) is 6.66. The molecule has 100 valence electrons. The molecule has 0 atom stereocenters. The molecule has 19 heavy (non-hydrogen) atoms. The minimum Gasteiger partial charge on any atom is -0.508 e. The van der Waals surface area contributed by atoms with E-state index in [0.717, 1.165) is 20.1 Å². The highest BCUT2D eigenvalue weighted by molar-refractivity contribution is 9.10. The normalized spacial score (nSPS) is 11.6. The molecule has 2 N–H and O–H groups in total. The van der Waals surface area contributed by atoms with Gasteiger partial charge in [0.05, 0.1) is 0 Å². The van der Waals surface area contributed by atoms with Gasteiger partial charge >= 0.3 is 0 Å². The van der Waals surface area contributed by atoms with E-state index in [4.69, 9.17) is 0 Å². The minimum atomic E-state index is -0.265. The third kappa shape index (κ3) is 2.79. The third-order valence-electron chi connectivity index (χ3n) is 3.25. The van der Waals surface area contributed by atoms with Crippen molar-refractivity contribution in [3.05, 3.63) is 56.5 Å². The van der Waals surface area contributed by atoms with Crippen molar-refractivity contribution in [3.8, 4) is 11.5 Å². The Morgan fingerprint density at radius 2 is 1.16 bits per heavy atom. The smallest absolute Gasteiger partial charge is 0.116 e. The first-order valence-electron chi connectivity index (χ1n) is 5.80. The molecule has 4 heteroatoms. The summed E-state index contributed by atoms with van der Waals surface area (Å²) in [5.41, 5.74) is 1.87. The van der Waals surface area contributed by atoms with Crippen molar-refractivity contribution >= 4 is 31.9 Å². The number of phenolic OH excluding ortho intramolecular Hbond substituents is 2. The number of rotatable bonds is 2. The highest BCUT2D eigenvalue weighted by Gasteiger charge is 2.27. The van der Waals surface area contributed by atoms with Crippen LogP contribution in [0.3, 0.4) is 0 Å². The van der Waals surface area contributed by atoms with Crippen LogP contribution in [0, 0.1) is 0 Å². The Bertz CT molecular complexity index is 568. The van der Waals surface area contributed by atoms with Gasteiger partial charge in [-0.3, -0.25) is 0 Å². The van der Waals surface area contributed by atoms with Gasteiger partial charge in [0, 0.05) is 14.4 Å². The van der Waals surface area contributed by atoms with E-state index in [1.54, 1.807) is 24.3 Å². The maximum absolute atomic E-state index is 9.49. The maximum atomic E-state index is 9.49. The molecule has 0 amide bonds. The van der Waals surface area contributed by atoms with E-state index in [2.05, 4.69) is 45.7 Å². The number of benzene rings is 2. The monoisotopic (exact) mass is 384 g/mol. The molecule has 0 saturated heterocycles. The maximum Gasteiger partial charge on any atom is 0.116 e. The number of hydrogen-bond donors (Lipinski definition) is 2. The van der Waals surface area contributed by atoms with Crippen LogP contribution in [0.15, 0.2) is 45.3 Å². The lowest BCUT2D eigenvalue weighted by molar-refractivity contribution is 0.473. The van der Waals surface area contributed by atoms with Crippen molar-refractivity contribution in [2.75, 3.05) is 0 Å². The summed E-state index contributed by atoms with van der Waals surface area (Å²) in [6.45, 7) is 4.20. The fourth-order valence-corrected chi connectivity index (χ4v) is 3.89. The van der Waals surface area contributed by atoms with Gasteiger partial charge in [0.2, 0.25) is 0 Å². The van der Waals surface area contributed by atoms with Crippen molar-refractivity contribution in [3.63, 3.8) is 0 Å². The van der Waals surface area contributed by atoms with Crippen molar-refractivity contribution < 1.29 is 10.2 Å². The lowest BCUT2D eigenvalue weighted by atomic mass is 9.78. The van der Waals surface area contributed by atoms with Gasteiger partial charge in [-0.1, -0.05) is 57.8 Å². The van der Waals surface area contributed by atoms with Gasteiger partial charge in [0.15, 0.2) is 0 Å². The Hall–Kier alpha value is -1.00. The second kappa shape index (κ2) is 5.17. The van der Waals surface area contributed by atoms with Gasteiger partial charge in [-0.15, -0.1) is 0 Å². The zero-order chi connectivity index (χ0) is 14.2. The lowest BCUT2D eigenvalue weighted by Crippen LogP contribution is -2.20. The SMILES string of the molecule is CC(C)(c1ccc(O)cc1Br)c1ccc(O)cc1Br. The van der Waals surface area contributed by atoms with Gasteiger partial charge < -0.3 is 10.2 Å². The number of phenols is 2. The Kier molecular flexibility index (Phi) is 3.92. The van der Waals surface area contributed by atoms with Gasteiger partial charge in [-0.05, 0) is 35.4 Å². The molecular weight excluding hydrogens is 372 g/mol. The van der Waals surface area contributed by atoms with E-state index < -0.39 is 0 Å². The first-order valence-corrected chi connectivity index (χ1v) is 7.39. The molecule has 0 radical (unpaired) electrons. The van der Waals surface area contributed by atoms with E-state index in [1.807, 2.05) is 12.1 Å². The van der Waals surface area contributed by atoms with Crippen LogP contribution in [0.1, 0.15) is 25.0 Å². The predicted octanol–water partition coefficient (Wildman–Crippen LogP) is 4.95. The first kappa shape index (κ1) is 14.4. The lowest BCUT2D eigenvalue weighted by Gasteiger charge is -2.28. The molecule has 2 aromatic carbocycles. The average molecular weight is 386 g/mol. The molecule has 2 aromatic rings. The molecule has 0 aliphatic rings. The van der Waals surface area contributed by atoms with Crippen LogP contribution in [0.2, 0.25) is 0 Å². The predicted molar refractivity (Wildman–Crippen MR) is 83.7 cm³/mol.